The van der Waals surface area contributed by atoms with E-state index in [1.165, 1.54) is 0 Å². The highest BCUT2D eigenvalue weighted by molar-refractivity contribution is 7.67. The van der Waals surface area contributed by atoms with Crippen molar-refractivity contribution in [2.45, 2.75) is 71.5 Å². The Morgan fingerprint density at radius 1 is 1.16 bits per heavy atom. The van der Waals surface area contributed by atoms with Gasteiger partial charge in [0.05, 0.1) is 0 Å². The molecule has 2 rings (SSSR count). The summed E-state index contributed by atoms with van der Waals surface area (Å²) in [6.45, 7) is 6.14. The molecule has 0 heterocycles. The highest BCUT2D eigenvalue weighted by Crippen LogP contribution is 2.47. The molecule has 4 atom stereocenters. The van der Waals surface area contributed by atoms with Crippen LogP contribution in [-0.2, 0) is 29.5 Å². The normalized spacial score (nSPS) is 28.3. The van der Waals surface area contributed by atoms with Gasteiger partial charge in [-0.15, -0.1) is 0 Å². The summed E-state index contributed by atoms with van der Waals surface area (Å²) in [4.78, 5) is 24.0. The van der Waals surface area contributed by atoms with Crippen LogP contribution in [0.1, 0.15) is 59.3 Å². The van der Waals surface area contributed by atoms with E-state index in [0.717, 1.165) is 25.7 Å². The molecule has 2 aliphatic rings. The molecule has 8 heteroatoms. The third-order valence-electron chi connectivity index (χ3n) is 5.58. The van der Waals surface area contributed by atoms with Crippen molar-refractivity contribution >= 4 is 22.9 Å². The maximum absolute atomic E-state index is 12.1. The SMILES string of the molecule is CCC(C)(C)C(=O)NCCCC(=O)OC1C2CCC(C2)C1O[SH](=O)=O. The van der Waals surface area contributed by atoms with E-state index in [9.17, 15) is 18.0 Å². The molecule has 2 saturated carbocycles. The largest absolute Gasteiger partial charge is 0.459 e. The zero-order valence-corrected chi connectivity index (χ0v) is 16.1. The van der Waals surface area contributed by atoms with Crippen LogP contribution in [0.2, 0.25) is 0 Å². The van der Waals surface area contributed by atoms with Crippen LogP contribution < -0.4 is 5.32 Å². The number of carbonyl (C=O) groups excluding carboxylic acids is 2. The van der Waals surface area contributed by atoms with Gasteiger partial charge in [0.2, 0.25) is 5.91 Å². The van der Waals surface area contributed by atoms with Crippen molar-refractivity contribution in [3.63, 3.8) is 0 Å². The molecule has 0 saturated heterocycles. The van der Waals surface area contributed by atoms with Gasteiger partial charge < -0.3 is 10.1 Å². The molecule has 144 valence electrons. The molecule has 0 aromatic carbocycles. The fourth-order valence-electron chi connectivity index (χ4n) is 3.64. The summed E-state index contributed by atoms with van der Waals surface area (Å²) >= 11 is 0. The Morgan fingerprint density at radius 2 is 1.80 bits per heavy atom. The first-order valence-electron chi connectivity index (χ1n) is 9.03. The van der Waals surface area contributed by atoms with Gasteiger partial charge in [0.25, 0.3) is 11.0 Å². The number of rotatable bonds is 9. The molecule has 25 heavy (non-hydrogen) atoms. The van der Waals surface area contributed by atoms with Crippen LogP contribution in [0.25, 0.3) is 0 Å². The molecule has 0 spiro atoms. The lowest BCUT2D eigenvalue weighted by molar-refractivity contribution is -0.157. The van der Waals surface area contributed by atoms with Crippen LogP contribution in [0.3, 0.4) is 0 Å². The zero-order chi connectivity index (χ0) is 18.6. The highest BCUT2D eigenvalue weighted by atomic mass is 32.2. The van der Waals surface area contributed by atoms with Crippen molar-refractivity contribution < 1.29 is 26.9 Å². The summed E-state index contributed by atoms with van der Waals surface area (Å²) in [5.41, 5.74) is -0.414. The molecule has 2 fully saturated rings. The standard InChI is InChI=1S/C17H29NO6S/c1-4-17(2,3)16(20)18-9-5-6-13(19)23-14-11-7-8-12(10-11)15(14)24-25(21)22/h11-12,14-15,25H,4-10H2,1-3H3,(H,18,20). The second kappa shape index (κ2) is 8.49. The first-order chi connectivity index (χ1) is 11.7. The van der Waals surface area contributed by atoms with Crippen LogP contribution >= 0.6 is 0 Å². The minimum atomic E-state index is -2.95. The van der Waals surface area contributed by atoms with Crippen molar-refractivity contribution in [1.29, 1.82) is 0 Å². The molecular weight excluding hydrogens is 346 g/mol. The van der Waals surface area contributed by atoms with E-state index in [-0.39, 0.29) is 30.1 Å². The lowest BCUT2D eigenvalue weighted by Crippen LogP contribution is -2.39. The Morgan fingerprint density at radius 3 is 2.40 bits per heavy atom. The van der Waals surface area contributed by atoms with Crippen molar-refractivity contribution in [2.24, 2.45) is 17.3 Å². The van der Waals surface area contributed by atoms with Gasteiger partial charge in [0.1, 0.15) is 12.2 Å². The number of ether oxygens (including phenoxy) is 1. The fraction of sp³-hybridized carbons (Fsp3) is 0.882. The zero-order valence-electron chi connectivity index (χ0n) is 15.2. The second-order valence-electron chi connectivity index (χ2n) is 7.68. The molecule has 4 unspecified atom stereocenters. The van der Waals surface area contributed by atoms with E-state index in [1.807, 2.05) is 20.8 Å². The maximum atomic E-state index is 12.1. The molecule has 0 aliphatic heterocycles. The second-order valence-corrected chi connectivity index (χ2v) is 8.34. The Labute approximate surface area is 151 Å². The number of hydrogen-bond donors (Lipinski definition) is 2. The smallest absolute Gasteiger partial charge is 0.306 e. The summed E-state index contributed by atoms with van der Waals surface area (Å²) in [6, 6.07) is 0. The van der Waals surface area contributed by atoms with Gasteiger partial charge in [-0.25, -0.2) is 8.42 Å². The van der Waals surface area contributed by atoms with Crippen LogP contribution in [-0.4, -0.2) is 39.0 Å². The number of thiol groups is 1. The first-order valence-corrected chi connectivity index (χ1v) is 10.1. The van der Waals surface area contributed by atoms with Gasteiger partial charge in [-0.1, -0.05) is 20.8 Å². The average molecular weight is 375 g/mol. The molecule has 2 aliphatic carbocycles. The van der Waals surface area contributed by atoms with Crippen LogP contribution in [0.5, 0.6) is 0 Å². The minimum absolute atomic E-state index is 0.0239. The Balaban J connectivity index is 1.74. The summed E-state index contributed by atoms with van der Waals surface area (Å²) in [5.74, 6) is -0.0364. The lowest BCUT2D eigenvalue weighted by atomic mass is 9.89. The van der Waals surface area contributed by atoms with E-state index in [0.29, 0.717) is 13.0 Å². The molecule has 1 N–H and O–H groups in total. The van der Waals surface area contributed by atoms with E-state index >= 15 is 0 Å². The van der Waals surface area contributed by atoms with Crippen molar-refractivity contribution in [3.05, 3.63) is 0 Å². The predicted molar refractivity (Wildman–Crippen MR) is 92.2 cm³/mol. The van der Waals surface area contributed by atoms with Gasteiger partial charge in [0.15, 0.2) is 0 Å². The van der Waals surface area contributed by atoms with Crippen molar-refractivity contribution in [3.8, 4) is 0 Å². The number of nitrogens with one attached hydrogen (secondary N) is 1. The van der Waals surface area contributed by atoms with Gasteiger partial charge in [-0.05, 0) is 43.9 Å². The molecule has 7 nitrogen and oxygen atoms in total. The molecule has 0 aromatic heterocycles. The number of fused-ring (bicyclic) bond motifs is 2. The third-order valence-corrected chi connectivity index (χ3v) is 6.00. The third kappa shape index (κ3) is 5.17. The van der Waals surface area contributed by atoms with Gasteiger partial charge in [-0.3, -0.25) is 13.8 Å². The number of hydrogen-bond acceptors (Lipinski definition) is 6. The summed E-state index contributed by atoms with van der Waals surface area (Å²) in [7, 11) is -2.95. The maximum Gasteiger partial charge on any atom is 0.306 e. The molecule has 2 bridgehead atoms. The van der Waals surface area contributed by atoms with Gasteiger partial charge in [0, 0.05) is 18.4 Å². The fourth-order valence-corrected chi connectivity index (χ4v) is 4.13. The van der Waals surface area contributed by atoms with Crippen molar-refractivity contribution in [2.75, 3.05) is 6.54 Å². The van der Waals surface area contributed by atoms with Gasteiger partial charge in [-0.2, -0.15) is 0 Å². The average Bonchev–Trinajstić information content (AvgIpc) is 3.13. The number of amides is 1. The molecular formula is C17H29NO6S. The number of esters is 1. The summed E-state index contributed by atoms with van der Waals surface area (Å²) in [6.07, 6.45) is 3.15. The van der Waals surface area contributed by atoms with Gasteiger partial charge >= 0.3 is 5.97 Å². The first kappa shape index (κ1) is 20.2. The quantitative estimate of drug-likeness (QED) is 0.361. The Kier molecular flexibility index (Phi) is 6.85. The molecule has 1 amide bonds. The van der Waals surface area contributed by atoms with Crippen molar-refractivity contribution in [1.82, 2.24) is 5.32 Å². The monoisotopic (exact) mass is 375 g/mol. The predicted octanol–water partition coefficient (Wildman–Crippen LogP) is 1.57. The van der Waals surface area contributed by atoms with E-state index in [1.54, 1.807) is 0 Å². The Bertz CT molecular complexity index is 565. The van der Waals surface area contributed by atoms with E-state index in [4.69, 9.17) is 8.92 Å². The van der Waals surface area contributed by atoms with Crippen LogP contribution in [0.15, 0.2) is 0 Å². The molecule has 0 aromatic rings. The van der Waals surface area contributed by atoms with Crippen LogP contribution in [0.4, 0.5) is 0 Å². The highest BCUT2D eigenvalue weighted by Gasteiger charge is 2.51. The van der Waals surface area contributed by atoms with Crippen LogP contribution in [0, 0.1) is 17.3 Å². The topological polar surface area (TPSA) is 98.8 Å². The lowest BCUT2D eigenvalue weighted by Gasteiger charge is -2.28. The molecule has 0 radical (unpaired) electrons. The summed E-state index contributed by atoms with van der Waals surface area (Å²) in [5, 5.41) is 2.83. The van der Waals surface area contributed by atoms with E-state index in [2.05, 4.69) is 5.32 Å². The minimum Gasteiger partial charge on any atom is -0.459 e. The number of carbonyl (C=O) groups is 2. The van der Waals surface area contributed by atoms with E-state index < -0.39 is 28.6 Å². The Hall–Kier alpha value is -1.15. The summed E-state index contributed by atoms with van der Waals surface area (Å²) < 4.78 is 32.3.